The van der Waals surface area contributed by atoms with Gasteiger partial charge in [0.2, 0.25) is 5.95 Å². The van der Waals surface area contributed by atoms with Gasteiger partial charge in [0.25, 0.3) is 5.56 Å². The first-order chi connectivity index (χ1) is 10.7. The molecule has 0 saturated heterocycles. The second-order valence-electron chi connectivity index (χ2n) is 5.29. The van der Waals surface area contributed by atoms with E-state index in [2.05, 4.69) is 43.0 Å². The molecule has 0 unspecified atom stereocenters. The number of hydrogen-bond donors (Lipinski definition) is 2. The third kappa shape index (κ3) is 2.07. The van der Waals surface area contributed by atoms with Gasteiger partial charge in [0.1, 0.15) is 5.82 Å². The van der Waals surface area contributed by atoms with Crippen LogP contribution in [0.5, 0.6) is 0 Å². The Balaban J connectivity index is 1.75. The molecule has 3 N–H and O–H groups in total. The number of aromatic nitrogens is 4. The van der Waals surface area contributed by atoms with Crippen LogP contribution < -0.4 is 16.2 Å². The number of aromatic amines is 1. The molecule has 0 aliphatic carbocycles. The molecule has 110 valence electrons. The largest absolute Gasteiger partial charge is 0.369 e. The Bertz CT molecular complexity index is 919. The maximum atomic E-state index is 11.9. The summed E-state index contributed by atoms with van der Waals surface area (Å²) in [5.74, 6) is 0.727. The minimum Gasteiger partial charge on any atom is -0.369 e. The van der Waals surface area contributed by atoms with E-state index in [1.54, 1.807) is 6.20 Å². The zero-order chi connectivity index (χ0) is 15.1. The molecule has 4 rings (SSSR count). The van der Waals surface area contributed by atoms with Gasteiger partial charge in [0, 0.05) is 13.1 Å². The first-order valence-corrected chi connectivity index (χ1v) is 7.05. The van der Waals surface area contributed by atoms with E-state index in [1.165, 1.54) is 11.1 Å². The summed E-state index contributed by atoms with van der Waals surface area (Å²) in [5.41, 5.74) is 8.27. The summed E-state index contributed by atoms with van der Waals surface area (Å²) in [6, 6.07) is 8.35. The molecule has 2 aromatic heterocycles. The summed E-state index contributed by atoms with van der Waals surface area (Å²) in [5, 5.41) is 0. The number of H-pyrrole nitrogens is 1. The van der Waals surface area contributed by atoms with E-state index in [4.69, 9.17) is 5.73 Å². The summed E-state index contributed by atoms with van der Waals surface area (Å²) < 4.78 is 0. The first-order valence-electron chi connectivity index (χ1n) is 7.05. The maximum absolute atomic E-state index is 11.9. The van der Waals surface area contributed by atoms with Gasteiger partial charge < -0.3 is 10.6 Å². The van der Waals surface area contributed by atoms with Gasteiger partial charge in [-0.3, -0.25) is 9.78 Å². The van der Waals surface area contributed by atoms with Crippen LogP contribution in [-0.4, -0.2) is 26.5 Å². The van der Waals surface area contributed by atoms with Crippen molar-refractivity contribution >= 4 is 22.9 Å². The fourth-order valence-electron chi connectivity index (χ4n) is 2.77. The number of anilines is 2. The normalized spacial score (nSPS) is 14.1. The number of rotatable bonds is 1. The van der Waals surface area contributed by atoms with Crippen LogP contribution in [-0.2, 0) is 13.0 Å². The standard InChI is InChI=1S/C15H14N6O/c16-15-19-13-12(14(22)20-15)18-11(7-17-13)21-6-5-9-3-1-2-4-10(9)8-21/h1-4,7H,5-6,8H2,(H3,16,17,19,20,22). The lowest BCUT2D eigenvalue weighted by molar-refractivity contribution is 0.720. The lowest BCUT2D eigenvalue weighted by Gasteiger charge is -2.29. The van der Waals surface area contributed by atoms with Crippen molar-refractivity contribution in [2.24, 2.45) is 0 Å². The molecule has 22 heavy (non-hydrogen) atoms. The maximum Gasteiger partial charge on any atom is 0.280 e. The van der Waals surface area contributed by atoms with Crippen LogP contribution in [0, 0.1) is 0 Å². The molecule has 0 atom stereocenters. The molecule has 3 aromatic rings. The molecule has 0 amide bonds. The SMILES string of the molecule is Nc1nc2ncc(N3CCc4ccccc4C3)nc2c(=O)[nH]1. The van der Waals surface area contributed by atoms with Crippen LogP contribution in [0.3, 0.4) is 0 Å². The fourth-order valence-corrected chi connectivity index (χ4v) is 2.77. The molecule has 1 aliphatic rings. The average Bonchev–Trinajstić information content (AvgIpc) is 2.54. The third-order valence-electron chi connectivity index (χ3n) is 3.88. The number of nitrogens with two attached hydrogens (primary N) is 1. The molecule has 7 heteroatoms. The van der Waals surface area contributed by atoms with Crippen molar-refractivity contribution in [2.45, 2.75) is 13.0 Å². The number of fused-ring (bicyclic) bond motifs is 2. The Morgan fingerprint density at radius 1 is 1.18 bits per heavy atom. The summed E-state index contributed by atoms with van der Waals surface area (Å²) in [4.78, 5) is 29.1. The minimum absolute atomic E-state index is 0.0476. The highest BCUT2D eigenvalue weighted by Crippen LogP contribution is 2.23. The van der Waals surface area contributed by atoms with Crippen molar-refractivity contribution in [1.82, 2.24) is 19.9 Å². The number of nitrogens with zero attached hydrogens (tertiary/aromatic N) is 4. The zero-order valence-corrected chi connectivity index (χ0v) is 11.8. The Morgan fingerprint density at radius 2 is 2.00 bits per heavy atom. The molecule has 3 heterocycles. The highest BCUT2D eigenvalue weighted by molar-refractivity contribution is 5.71. The van der Waals surface area contributed by atoms with E-state index >= 15 is 0 Å². The summed E-state index contributed by atoms with van der Waals surface area (Å²) >= 11 is 0. The third-order valence-corrected chi connectivity index (χ3v) is 3.88. The number of benzene rings is 1. The highest BCUT2D eigenvalue weighted by Gasteiger charge is 2.18. The topological polar surface area (TPSA) is 101 Å². The van der Waals surface area contributed by atoms with Crippen LogP contribution in [0.2, 0.25) is 0 Å². The summed E-state index contributed by atoms with van der Waals surface area (Å²) in [6.07, 6.45) is 2.59. The second kappa shape index (κ2) is 4.80. The Kier molecular flexibility index (Phi) is 2.78. The van der Waals surface area contributed by atoms with Crippen molar-refractivity contribution in [3.05, 3.63) is 51.9 Å². The van der Waals surface area contributed by atoms with E-state index in [9.17, 15) is 4.79 Å². The molecule has 0 radical (unpaired) electrons. The Hall–Kier alpha value is -2.96. The lowest BCUT2D eigenvalue weighted by Crippen LogP contribution is -2.31. The van der Waals surface area contributed by atoms with Crippen molar-refractivity contribution in [1.29, 1.82) is 0 Å². The van der Waals surface area contributed by atoms with Crippen LogP contribution in [0.4, 0.5) is 11.8 Å². The monoisotopic (exact) mass is 294 g/mol. The molecule has 0 saturated carbocycles. The van der Waals surface area contributed by atoms with Crippen molar-refractivity contribution in [3.63, 3.8) is 0 Å². The molecule has 0 spiro atoms. The quantitative estimate of drug-likeness (QED) is 0.690. The minimum atomic E-state index is -0.366. The van der Waals surface area contributed by atoms with Gasteiger partial charge in [0.15, 0.2) is 11.2 Å². The molecular formula is C15H14N6O. The van der Waals surface area contributed by atoms with Gasteiger partial charge in [-0.2, -0.15) is 4.98 Å². The van der Waals surface area contributed by atoms with E-state index < -0.39 is 0 Å². The van der Waals surface area contributed by atoms with Gasteiger partial charge in [0.05, 0.1) is 6.20 Å². The molecule has 0 bridgehead atoms. The lowest BCUT2D eigenvalue weighted by atomic mass is 10.0. The van der Waals surface area contributed by atoms with Crippen LogP contribution in [0.1, 0.15) is 11.1 Å². The smallest absolute Gasteiger partial charge is 0.280 e. The van der Waals surface area contributed by atoms with Crippen molar-refractivity contribution in [2.75, 3.05) is 17.2 Å². The Labute approximate surface area is 125 Å². The van der Waals surface area contributed by atoms with E-state index in [0.717, 1.165) is 19.5 Å². The predicted octanol–water partition coefficient (Wildman–Crippen LogP) is 0.858. The van der Waals surface area contributed by atoms with Crippen molar-refractivity contribution in [3.8, 4) is 0 Å². The molecule has 1 aromatic carbocycles. The van der Waals surface area contributed by atoms with Gasteiger partial charge in [-0.15, -0.1) is 0 Å². The molecule has 0 fully saturated rings. The average molecular weight is 294 g/mol. The highest BCUT2D eigenvalue weighted by atomic mass is 16.1. The Morgan fingerprint density at radius 3 is 2.86 bits per heavy atom. The van der Waals surface area contributed by atoms with Gasteiger partial charge in [-0.05, 0) is 17.5 Å². The summed E-state index contributed by atoms with van der Waals surface area (Å²) in [7, 11) is 0. The van der Waals surface area contributed by atoms with E-state index in [0.29, 0.717) is 5.82 Å². The van der Waals surface area contributed by atoms with Crippen LogP contribution in [0.15, 0.2) is 35.3 Å². The zero-order valence-electron chi connectivity index (χ0n) is 11.8. The van der Waals surface area contributed by atoms with E-state index in [-0.39, 0.29) is 22.7 Å². The first kappa shape index (κ1) is 12.8. The fraction of sp³-hybridized carbons (Fsp3) is 0.200. The molecular weight excluding hydrogens is 280 g/mol. The van der Waals surface area contributed by atoms with Gasteiger partial charge >= 0.3 is 0 Å². The van der Waals surface area contributed by atoms with Crippen molar-refractivity contribution < 1.29 is 0 Å². The summed E-state index contributed by atoms with van der Waals surface area (Å²) in [6.45, 7) is 1.61. The molecule has 7 nitrogen and oxygen atoms in total. The van der Waals surface area contributed by atoms with Gasteiger partial charge in [-0.25, -0.2) is 9.97 Å². The van der Waals surface area contributed by atoms with Crippen LogP contribution in [0.25, 0.3) is 11.2 Å². The molecule has 1 aliphatic heterocycles. The number of hydrogen-bond acceptors (Lipinski definition) is 6. The second-order valence-corrected chi connectivity index (χ2v) is 5.29. The number of nitrogen functional groups attached to an aromatic ring is 1. The van der Waals surface area contributed by atoms with Crippen LogP contribution >= 0.6 is 0 Å². The number of nitrogens with one attached hydrogen (secondary N) is 1. The van der Waals surface area contributed by atoms with E-state index in [1.807, 2.05) is 6.07 Å². The predicted molar refractivity (Wildman–Crippen MR) is 83.6 cm³/mol. The van der Waals surface area contributed by atoms with Gasteiger partial charge in [-0.1, -0.05) is 24.3 Å².